The maximum Gasteiger partial charge on any atom is 0.225 e. The molecule has 24 heavy (non-hydrogen) atoms. The van der Waals surface area contributed by atoms with Crippen LogP contribution in [-0.4, -0.2) is 18.4 Å². The van der Waals surface area contributed by atoms with E-state index in [1.165, 1.54) is 0 Å². The molecule has 0 unspecified atom stereocenters. The Morgan fingerprint density at radius 1 is 0.917 bits per heavy atom. The number of benzene rings is 2. The van der Waals surface area contributed by atoms with Crippen LogP contribution < -0.4 is 16.4 Å². The van der Waals surface area contributed by atoms with Crippen LogP contribution in [0, 0.1) is 6.92 Å². The van der Waals surface area contributed by atoms with Crippen molar-refractivity contribution in [2.75, 3.05) is 17.2 Å². The lowest BCUT2D eigenvalue weighted by Gasteiger charge is -2.13. The standard InChI is InChI=1S/C19H23N3O2/c1-14-7-9-16(17(13-14)22-19(24)11-12-20)21-18(23)10-8-15-5-3-2-4-6-15/h2-7,9,13H,8,10-12,20H2,1H3,(H,21,23)(H,22,24). The van der Waals surface area contributed by atoms with E-state index in [0.717, 1.165) is 11.1 Å². The van der Waals surface area contributed by atoms with Crippen molar-refractivity contribution in [3.8, 4) is 0 Å². The zero-order chi connectivity index (χ0) is 17.4. The SMILES string of the molecule is Cc1ccc(NC(=O)CCc2ccccc2)c(NC(=O)CCN)c1. The third-order valence-corrected chi connectivity index (χ3v) is 3.58. The normalized spacial score (nSPS) is 10.2. The average Bonchev–Trinajstić information content (AvgIpc) is 2.56. The highest BCUT2D eigenvalue weighted by Crippen LogP contribution is 2.23. The molecule has 0 saturated carbocycles. The molecular weight excluding hydrogens is 302 g/mol. The molecule has 0 atom stereocenters. The molecule has 2 amide bonds. The van der Waals surface area contributed by atoms with Crippen LogP contribution in [-0.2, 0) is 16.0 Å². The molecule has 0 spiro atoms. The first-order valence-electron chi connectivity index (χ1n) is 8.03. The fourth-order valence-electron chi connectivity index (χ4n) is 2.33. The van der Waals surface area contributed by atoms with Crippen molar-refractivity contribution >= 4 is 23.2 Å². The summed E-state index contributed by atoms with van der Waals surface area (Å²) in [6, 6.07) is 15.4. The van der Waals surface area contributed by atoms with Crippen molar-refractivity contribution < 1.29 is 9.59 Å². The van der Waals surface area contributed by atoms with Crippen molar-refractivity contribution in [2.45, 2.75) is 26.2 Å². The van der Waals surface area contributed by atoms with E-state index in [2.05, 4.69) is 10.6 Å². The molecule has 5 nitrogen and oxygen atoms in total. The van der Waals surface area contributed by atoms with Crippen molar-refractivity contribution in [1.82, 2.24) is 0 Å². The number of anilines is 2. The second-order valence-electron chi connectivity index (χ2n) is 5.67. The van der Waals surface area contributed by atoms with Gasteiger partial charge in [0.05, 0.1) is 11.4 Å². The Hall–Kier alpha value is -2.66. The number of hydrogen-bond donors (Lipinski definition) is 3. The number of nitrogens with one attached hydrogen (secondary N) is 2. The van der Waals surface area contributed by atoms with Gasteiger partial charge in [-0.25, -0.2) is 0 Å². The Morgan fingerprint density at radius 3 is 2.29 bits per heavy atom. The summed E-state index contributed by atoms with van der Waals surface area (Å²) in [5, 5.41) is 5.67. The van der Waals surface area contributed by atoms with E-state index >= 15 is 0 Å². The molecule has 0 saturated heterocycles. The van der Waals surface area contributed by atoms with E-state index in [4.69, 9.17) is 5.73 Å². The molecule has 2 aromatic carbocycles. The number of nitrogens with two attached hydrogens (primary N) is 1. The lowest BCUT2D eigenvalue weighted by Crippen LogP contribution is -2.19. The van der Waals surface area contributed by atoms with Crippen molar-refractivity contribution in [3.05, 3.63) is 59.7 Å². The summed E-state index contributed by atoms with van der Waals surface area (Å²) in [5.74, 6) is -0.250. The van der Waals surface area contributed by atoms with Crippen LogP contribution in [0.1, 0.15) is 24.0 Å². The highest BCUT2D eigenvalue weighted by molar-refractivity contribution is 5.99. The third-order valence-electron chi connectivity index (χ3n) is 3.58. The lowest BCUT2D eigenvalue weighted by atomic mass is 10.1. The van der Waals surface area contributed by atoms with Gasteiger partial charge < -0.3 is 16.4 Å². The van der Waals surface area contributed by atoms with Gasteiger partial charge in [-0.2, -0.15) is 0 Å². The monoisotopic (exact) mass is 325 g/mol. The molecule has 4 N–H and O–H groups in total. The van der Waals surface area contributed by atoms with Crippen LogP contribution in [0.2, 0.25) is 0 Å². The maximum atomic E-state index is 12.2. The predicted octanol–water partition coefficient (Wildman–Crippen LogP) is 2.85. The summed E-state index contributed by atoms with van der Waals surface area (Å²) in [7, 11) is 0. The minimum Gasteiger partial charge on any atom is -0.330 e. The Bertz CT molecular complexity index is 699. The van der Waals surface area contributed by atoms with Crippen LogP contribution in [0.5, 0.6) is 0 Å². The van der Waals surface area contributed by atoms with Gasteiger partial charge in [-0.3, -0.25) is 9.59 Å². The predicted molar refractivity (Wildman–Crippen MR) is 96.9 cm³/mol. The molecule has 2 aromatic rings. The van der Waals surface area contributed by atoms with E-state index in [1.807, 2.05) is 49.4 Å². The molecule has 0 radical (unpaired) electrons. The number of hydrogen-bond acceptors (Lipinski definition) is 3. The van der Waals surface area contributed by atoms with Gasteiger partial charge in [-0.15, -0.1) is 0 Å². The first kappa shape index (κ1) is 17.7. The Kier molecular flexibility index (Phi) is 6.51. The van der Waals surface area contributed by atoms with Crippen molar-refractivity contribution in [3.63, 3.8) is 0 Å². The number of carbonyl (C=O) groups is 2. The zero-order valence-corrected chi connectivity index (χ0v) is 13.8. The number of aryl methyl sites for hydroxylation is 2. The van der Waals surface area contributed by atoms with Crippen LogP contribution in [0.15, 0.2) is 48.5 Å². The second-order valence-corrected chi connectivity index (χ2v) is 5.67. The fraction of sp³-hybridized carbons (Fsp3) is 0.263. The van der Waals surface area contributed by atoms with Gasteiger partial charge in [0.2, 0.25) is 11.8 Å². The van der Waals surface area contributed by atoms with Gasteiger partial charge >= 0.3 is 0 Å². The Balaban J connectivity index is 2.00. The average molecular weight is 325 g/mol. The number of rotatable bonds is 7. The highest BCUT2D eigenvalue weighted by atomic mass is 16.2. The van der Waals surface area contributed by atoms with E-state index < -0.39 is 0 Å². The quantitative estimate of drug-likeness (QED) is 0.732. The molecule has 0 aliphatic carbocycles. The third kappa shape index (κ3) is 5.52. The molecule has 0 aliphatic heterocycles. The van der Waals surface area contributed by atoms with Crippen LogP contribution in [0.3, 0.4) is 0 Å². The summed E-state index contributed by atoms with van der Waals surface area (Å²) in [5.41, 5.74) is 8.71. The largest absolute Gasteiger partial charge is 0.330 e. The van der Waals surface area contributed by atoms with Gasteiger partial charge in [-0.1, -0.05) is 36.4 Å². The fourth-order valence-corrected chi connectivity index (χ4v) is 2.33. The van der Waals surface area contributed by atoms with Gasteiger partial charge in [0, 0.05) is 19.4 Å². The lowest BCUT2D eigenvalue weighted by molar-refractivity contribution is -0.117. The number of amides is 2. The van der Waals surface area contributed by atoms with Crippen molar-refractivity contribution in [2.24, 2.45) is 5.73 Å². The molecule has 2 rings (SSSR count). The second kappa shape index (κ2) is 8.84. The van der Waals surface area contributed by atoms with Gasteiger partial charge in [0.15, 0.2) is 0 Å². The molecule has 0 bridgehead atoms. The molecule has 126 valence electrons. The van der Waals surface area contributed by atoms with Gasteiger partial charge in [-0.05, 0) is 36.6 Å². The highest BCUT2D eigenvalue weighted by Gasteiger charge is 2.10. The van der Waals surface area contributed by atoms with Crippen LogP contribution in [0.4, 0.5) is 11.4 Å². The summed E-state index contributed by atoms with van der Waals surface area (Å²) >= 11 is 0. The summed E-state index contributed by atoms with van der Waals surface area (Å²) in [6.07, 6.45) is 1.30. The van der Waals surface area contributed by atoms with E-state index in [0.29, 0.717) is 24.2 Å². The first-order chi connectivity index (χ1) is 11.6. The minimum atomic E-state index is -0.164. The molecule has 0 aromatic heterocycles. The van der Waals surface area contributed by atoms with E-state index in [1.54, 1.807) is 6.07 Å². The number of carbonyl (C=O) groups excluding carboxylic acids is 2. The zero-order valence-electron chi connectivity index (χ0n) is 13.8. The Labute approximate surface area is 142 Å². The summed E-state index contributed by atoms with van der Waals surface area (Å²) in [4.78, 5) is 24.0. The topological polar surface area (TPSA) is 84.2 Å². The minimum absolute atomic E-state index is 0.0861. The van der Waals surface area contributed by atoms with Crippen molar-refractivity contribution in [1.29, 1.82) is 0 Å². The molecular formula is C19H23N3O2. The van der Waals surface area contributed by atoms with E-state index in [-0.39, 0.29) is 24.8 Å². The molecule has 0 fully saturated rings. The van der Waals surface area contributed by atoms with E-state index in [9.17, 15) is 9.59 Å². The molecule has 5 heteroatoms. The molecule has 0 heterocycles. The Morgan fingerprint density at radius 2 is 1.58 bits per heavy atom. The first-order valence-corrected chi connectivity index (χ1v) is 8.03. The van der Waals surface area contributed by atoms with Crippen LogP contribution in [0.25, 0.3) is 0 Å². The molecule has 0 aliphatic rings. The maximum absolute atomic E-state index is 12.2. The summed E-state index contributed by atoms with van der Waals surface area (Å²) in [6.45, 7) is 2.22. The van der Waals surface area contributed by atoms with Gasteiger partial charge in [0.25, 0.3) is 0 Å². The van der Waals surface area contributed by atoms with Crippen LogP contribution >= 0.6 is 0 Å². The van der Waals surface area contributed by atoms with Gasteiger partial charge in [0.1, 0.15) is 0 Å². The smallest absolute Gasteiger partial charge is 0.225 e. The summed E-state index contributed by atoms with van der Waals surface area (Å²) < 4.78 is 0.